The first-order valence-corrected chi connectivity index (χ1v) is 11.4. The molecular formula is C22H32KO3S. The number of fused-ring (bicyclic) bond motifs is 1. The average Bonchev–Trinajstić information content (AvgIpc) is 2.65. The van der Waals surface area contributed by atoms with E-state index in [4.69, 9.17) is 4.18 Å². The summed E-state index contributed by atoms with van der Waals surface area (Å²) in [5.74, 6) is 0. The molecule has 0 unspecified atom stereocenters. The Morgan fingerprint density at radius 2 is 1.30 bits per heavy atom. The SMILES string of the molecule is CCCCCCCCCCCCOS(=O)(=O)c1cccc2ccccc12.[K]. The number of unbranched alkanes of at least 4 members (excludes halogenated alkanes) is 9. The summed E-state index contributed by atoms with van der Waals surface area (Å²) in [6.07, 6.45) is 12.2. The minimum atomic E-state index is -3.70. The summed E-state index contributed by atoms with van der Waals surface area (Å²) in [4.78, 5) is 0.266. The Labute approximate surface area is 207 Å². The van der Waals surface area contributed by atoms with Gasteiger partial charge in [0, 0.05) is 56.8 Å². The van der Waals surface area contributed by atoms with Crippen LogP contribution in [0, 0.1) is 0 Å². The Morgan fingerprint density at radius 1 is 0.741 bits per heavy atom. The van der Waals surface area contributed by atoms with Gasteiger partial charge < -0.3 is 0 Å². The fraction of sp³-hybridized carbons (Fsp3) is 0.545. The van der Waals surface area contributed by atoms with E-state index in [9.17, 15) is 8.42 Å². The van der Waals surface area contributed by atoms with Crippen LogP contribution in [0.25, 0.3) is 10.8 Å². The van der Waals surface area contributed by atoms with E-state index < -0.39 is 10.1 Å². The van der Waals surface area contributed by atoms with Gasteiger partial charge in [-0.05, 0) is 17.9 Å². The van der Waals surface area contributed by atoms with Crippen LogP contribution >= 0.6 is 0 Å². The van der Waals surface area contributed by atoms with Crippen molar-refractivity contribution in [2.24, 2.45) is 0 Å². The van der Waals surface area contributed by atoms with Crippen molar-refractivity contribution >= 4 is 72.3 Å². The van der Waals surface area contributed by atoms with Gasteiger partial charge >= 0.3 is 0 Å². The molecule has 0 aliphatic heterocycles. The predicted molar refractivity (Wildman–Crippen MR) is 115 cm³/mol. The van der Waals surface area contributed by atoms with Gasteiger partial charge in [0.1, 0.15) is 4.90 Å². The Morgan fingerprint density at radius 3 is 1.96 bits per heavy atom. The van der Waals surface area contributed by atoms with Crippen molar-refractivity contribution in [1.29, 1.82) is 0 Å². The molecule has 2 aromatic rings. The van der Waals surface area contributed by atoms with Gasteiger partial charge in [-0.15, -0.1) is 0 Å². The average molecular weight is 416 g/mol. The summed E-state index contributed by atoms with van der Waals surface area (Å²) in [6.45, 7) is 2.50. The van der Waals surface area contributed by atoms with Crippen molar-refractivity contribution < 1.29 is 12.6 Å². The standard InChI is InChI=1S/C22H32O3S.K/c1-2-3-4-5-6-7-8-9-10-13-19-25-26(23,24)22-18-14-16-20-15-11-12-17-21(20)22;/h11-12,14-18H,2-10,13,19H2,1H3;. The molecule has 0 amide bonds. The van der Waals surface area contributed by atoms with E-state index >= 15 is 0 Å². The van der Waals surface area contributed by atoms with Gasteiger partial charge in [-0.3, -0.25) is 4.18 Å². The largest absolute Gasteiger partial charge is 0.297 e. The molecule has 0 fully saturated rings. The van der Waals surface area contributed by atoms with Crippen LogP contribution in [0.2, 0.25) is 0 Å². The minimum absolute atomic E-state index is 0. The summed E-state index contributed by atoms with van der Waals surface area (Å²) >= 11 is 0. The van der Waals surface area contributed by atoms with E-state index in [1.54, 1.807) is 12.1 Å². The molecule has 3 nitrogen and oxygen atoms in total. The normalized spacial score (nSPS) is 11.4. The van der Waals surface area contributed by atoms with Crippen molar-refractivity contribution in [3.05, 3.63) is 42.5 Å². The van der Waals surface area contributed by atoms with E-state index in [1.165, 1.54) is 44.9 Å². The predicted octanol–water partition coefficient (Wildman–Crippen LogP) is 6.09. The van der Waals surface area contributed by atoms with Crippen molar-refractivity contribution in [3.63, 3.8) is 0 Å². The Hall–Kier alpha value is 0.246. The van der Waals surface area contributed by atoms with Crippen molar-refractivity contribution in [2.45, 2.75) is 76.0 Å². The first kappa shape index (κ1) is 25.3. The Bertz CT molecular complexity index is 754. The maximum absolute atomic E-state index is 12.5. The van der Waals surface area contributed by atoms with Gasteiger partial charge in [-0.1, -0.05) is 101 Å². The molecule has 0 aliphatic rings. The van der Waals surface area contributed by atoms with Crippen LogP contribution in [-0.2, 0) is 14.3 Å². The number of hydrogen-bond donors (Lipinski definition) is 0. The summed E-state index contributed by atoms with van der Waals surface area (Å²) in [7, 11) is -3.70. The molecular weight excluding hydrogens is 383 g/mol. The summed E-state index contributed by atoms with van der Waals surface area (Å²) in [5, 5.41) is 1.63. The molecule has 0 N–H and O–H groups in total. The number of benzene rings is 2. The van der Waals surface area contributed by atoms with Crippen molar-refractivity contribution in [1.82, 2.24) is 0 Å². The Balaban J connectivity index is 0.00000364. The van der Waals surface area contributed by atoms with Gasteiger partial charge in [-0.25, -0.2) is 0 Å². The first-order chi connectivity index (χ1) is 12.6. The smallest absolute Gasteiger partial charge is 0.266 e. The molecule has 0 atom stereocenters. The maximum atomic E-state index is 12.5. The zero-order valence-corrected chi connectivity index (χ0v) is 20.9. The molecule has 0 heterocycles. The van der Waals surface area contributed by atoms with Gasteiger partial charge in [0.05, 0.1) is 6.61 Å². The van der Waals surface area contributed by atoms with E-state index in [0.717, 1.165) is 30.0 Å². The van der Waals surface area contributed by atoms with Crippen LogP contribution < -0.4 is 0 Å². The third kappa shape index (κ3) is 9.07. The second kappa shape index (κ2) is 14.3. The van der Waals surface area contributed by atoms with Gasteiger partial charge in [0.15, 0.2) is 0 Å². The molecule has 1 radical (unpaired) electrons. The number of rotatable bonds is 13. The van der Waals surface area contributed by atoms with Crippen LogP contribution in [0.5, 0.6) is 0 Å². The van der Waals surface area contributed by atoms with Crippen LogP contribution in [0.3, 0.4) is 0 Å². The van der Waals surface area contributed by atoms with Gasteiger partial charge in [-0.2, -0.15) is 8.42 Å². The van der Waals surface area contributed by atoms with Crippen LogP contribution in [0.4, 0.5) is 0 Å². The third-order valence-electron chi connectivity index (χ3n) is 4.76. The van der Waals surface area contributed by atoms with Crippen LogP contribution in [0.1, 0.15) is 71.1 Å². The molecule has 27 heavy (non-hydrogen) atoms. The molecule has 0 aromatic heterocycles. The molecule has 2 aromatic carbocycles. The monoisotopic (exact) mass is 415 g/mol. The maximum Gasteiger partial charge on any atom is 0.297 e. The zero-order valence-electron chi connectivity index (χ0n) is 17.0. The molecule has 0 saturated carbocycles. The zero-order chi connectivity index (χ0) is 18.7. The fourth-order valence-corrected chi connectivity index (χ4v) is 4.40. The quantitative estimate of drug-likeness (QED) is 0.226. The molecule has 5 heteroatoms. The first-order valence-electron chi connectivity index (χ1n) is 10.0. The molecule has 0 spiro atoms. The Kier molecular flexibility index (Phi) is 13.4. The van der Waals surface area contributed by atoms with E-state index in [-0.39, 0.29) is 62.9 Å². The number of hydrogen-bond acceptors (Lipinski definition) is 3. The van der Waals surface area contributed by atoms with Crippen LogP contribution in [-0.4, -0.2) is 66.4 Å². The van der Waals surface area contributed by atoms with E-state index in [1.807, 2.05) is 30.3 Å². The summed E-state index contributed by atoms with van der Waals surface area (Å²) < 4.78 is 30.2. The van der Waals surface area contributed by atoms with Crippen LogP contribution in [0.15, 0.2) is 47.4 Å². The topological polar surface area (TPSA) is 43.4 Å². The summed E-state index contributed by atoms with van der Waals surface area (Å²) in [5.41, 5.74) is 0. The fourth-order valence-electron chi connectivity index (χ4n) is 3.24. The molecule has 0 aliphatic carbocycles. The minimum Gasteiger partial charge on any atom is -0.266 e. The molecule has 0 saturated heterocycles. The summed E-state index contributed by atoms with van der Waals surface area (Å²) in [6, 6.07) is 12.8. The molecule has 0 bridgehead atoms. The van der Waals surface area contributed by atoms with E-state index in [2.05, 4.69) is 6.92 Å². The van der Waals surface area contributed by atoms with Crippen molar-refractivity contribution in [3.8, 4) is 0 Å². The van der Waals surface area contributed by atoms with E-state index in [0.29, 0.717) is 0 Å². The second-order valence-electron chi connectivity index (χ2n) is 6.94. The third-order valence-corrected chi connectivity index (χ3v) is 6.13. The molecule has 2 rings (SSSR count). The second-order valence-corrected chi connectivity index (χ2v) is 8.52. The van der Waals surface area contributed by atoms with Crippen molar-refractivity contribution in [2.75, 3.05) is 6.61 Å². The van der Waals surface area contributed by atoms with Gasteiger partial charge in [0.2, 0.25) is 0 Å². The van der Waals surface area contributed by atoms with Gasteiger partial charge in [0.25, 0.3) is 10.1 Å². The molecule has 145 valence electrons.